The molecule has 100 valence electrons. The molecule has 0 spiro atoms. The molecule has 0 heterocycles. The van der Waals surface area contributed by atoms with Gasteiger partial charge in [-0.3, -0.25) is 0 Å². The van der Waals surface area contributed by atoms with Crippen LogP contribution in [0.2, 0.25) is 0 Å². The van der Waals surface area contributed by atoms with Crippen LogP contribution in [0.25, 0.3) is 11.1 Å². The molecular weight excluding hydrogens is 241 g/mol. The van der Waals surface area contributed by atoms with Crippen LogP contribution in [0.15, 0.2) is 48.5 Å². The maximum absolute atomic E-state index is 12.9. The number of benzene rings is 2. The average molecular weight is 259 g/mol. The second-order valence-corrected chi connectivity index (χ2v) is 4.90. The summed E-state index contributed by atoms with van der Waals surface area (Å²) in [5.74, 6) is -0.244. The minimum absolute atomic E-state index is 0.244. The van der Waals surface area contributed by atoms with E-state index >= 15 is 0 Å². The first kappa shape index (κ1) is 13.7. The molecule has 0 radical (unpaired) electrons. The van der Waals surface area contributed by atoms with E-state index in [1.165, 1.54) is 12.1 Å². The monoisotopic (exact) mass is 259 g/mol. The minimum Gasteiger partial charge on any atom is -0.385 e. The van der Waals surface area contributed by atoms with Gasteiger partial charge in [-0.25, -0.2) is 4.39 Å². The van der Waals surface area contributed by atoms with Crippen LogP contribution in [0.1, 0.15) is 18.9 Å². The maximum atomic E-state index is 12.9. The topological polar surface area (TPSA) is 46.2 Å². The smallest absolute Gasteiger partial charge is 0.123 e. The highest BCUT2D eigenvalue weighted by molar-refractivity contribution is 5.63. The van der Waals surface area contributed by atoms with Gasteiger partial charge in [-0.1, -0.05) is 36.4 Å². The maximum Gasteiger partial charge on any atom is 0.123 e. The van der Waals surface area contributed by atoms with Gasteiger partial charge >= 0.3 is 0 Å². The van der Waals surface area contributed by atoms with Gasteiger partial charge in [-0.2, -0.15) is 0 Å². The summed E-state index contributed by atoms with van der Waals surface area (Å²) in [6, 6.07) is 14.0. The van der Waals surface area contributed by atoms with Gasteiger partial charge in [0.2, 0.25) is 0 Å². The second-order valence-electron chi connectivity index (χ2n) is 4.90. The largest absolute Gasteiger partial charge is 0.385 e. The van der Waals surface area contributed by atoms with Crippen LogP contribution < -0.4 is 5.73 Å². The van der Waals surface area contributed by atoms with E-state index in [0.717, 1.165) is 16.7 Å². The van der Waals surface area contributed by atoms with Crippen LogP contribution in [0.5, 0.6) is 0 Å². The van der Waals surface area contributed by atoms with Crippen molar-refractivity contribution in [1.29, 1.82) is 0 Å². The highest BCUT2D eigenvalue weighted by Gasteiger charge is 2.21. The summed E-state index contributed by atoms with van der Waals surface area (Å²) in [6.45, 7) is 2.19. The lowest BCUT2D eigenvalue weighted by Crippen LogP contribution is -2.24. The molecule has 0 amide bonds. The predicted octanol–water partition coefficient (Wildman–Crippen LogP) is 3.05. The van der Waals surface area contributed by atoms with Crippen molar-refractivity contribution in [2.45, 2.75) is 18.9 Å². The van der Waals surface area contributed by atoms with Crippen molar-refractivity contribution < 1.29 is 9.50 Å². The Morgan fingerprint density at radius 1 is 1.00 bits per heavy atom. The molecule has 0 bridgehead atoms. The SMILES string of the molecule is CC(O)(CCN)c1ccc(-c2ccc(F)cc2)cc1. The van der Waals surface area contributed by atoms with E-state index in [-0.39, 0.29) is 5.82 Å². The van der Waals surface area contributed by atoms with Crippen molar-refractivity contribution >= 4 is 0 Å². The first-order chi connectivity index (χ1) is 9.03. The third-order valence-electron chi connectivity index (χ3n) is 3.32. The first-order valence-electron chi connectivity index (χ1n) is 6.32. The quantitative estimate of drug-likeness (QED) is 0.886. The van der Waals surface area contributed by atoms with Crippen LogP contribution in [-0.4, -0.2) is 11.7 Å². The molecule has 2 aromatic carbocycles. The Labute approximate surface area is 112 Å². The molecule has 1 unspecified atom stereocenters. The molecule has 3 N–H and O–H groups in total. The zero-order valence-electron chi connectivity index (χ0n) is 10.9. The van der Waals surface area contributed by atoms with E-state index in [0.29, 0.717) is 13.0 Å². The highest BCUT2D eigenvalue weighted by atomic mass is 19.1. The molecule has 0 aliphatic heterocycles. The lowest BCUT2D eigenvalue weighted by atomic mass is 9.91. The lowest BCUT2D eigenvalue weighted by Gasteiger charge is -2.23. The Balaban J connectivity index is 2.25. The Morgan fingerprint density at radius 2 is 1.47 bits per heavy atom. The third-order valence-corrected chi connectivity index (χ3v) is 3.32. The van der Waals surface area contributed by atoms with Crippen molar-refractivity contribution in [3.8, 4) is 11.1 Å². The fraction of sp³-hybridized carbons (Fsp3) is 0.250. The van der Waals surface area contributed by atoms with Crippen molar-refractivity contribution in [2.75, 3.05) is 6.54 Å². The zero-order chi connectivity index (χ0) is 13.9. The summed E-state index contributed by atoms with van der Waals surface area (Å²) >= 11 is 0. The van der Waals surface area contributed by atoms with E-state index < -0.39 is 5.60 Å². The molecule has 1 atom stereocenters. The summed E-state index contributed by atoms with van der Waals surface area (Å²) in [5.41, 5.74) is 7.37. The fourth-order valence-electron chi connectivity index (χ4n) is 2.09. The van der Waals surface area contributed by atoms with Gasteiger partial charge in [0.15, 0.2) is 0 Å². The van der Waals surface area contributed by atoms with Crippen LogP contribution in [0.3, 0.4) is 0 Å². The molecule has 0 aliphatic carbocycles. The van der Waals surface area contributed by atoms with Gasteiger partial charge < -0.3 is 10.8 Å². The number of hydrogen-bond acceptors (Lipinski definition) is 2. The Morgan fingerprint density at radius 3 is 1.95 bits per heavy atom. The molecule has 19 heavy (non-hydrogen) atoms. The second kappa shape index (κ2) is 5.51. The molecule has 2 aromatic rings. The summed E-state index contributed by atoms with van der Waals surface area (Å²) in [4.78, 5) is 0. The molecule has 0 fully saturated rings. The van der Waals surface area contributed by atoms with Gasteiger partial charge in [0, 0.05) is 0 Å². The van der Waals surface area contributed by atoms with Crippen LogP contribution >= 0.6 is 0 Å². The van der Waals surface area contributed by atoms with Gasteiger partial charge in [0.25, 0.3) is 0 Å². The number of rotatable bonds is 4. The summed E-state index contributed by atoms with van der Waals surface area (Å²) in [5, 5.41) is 10.3. The number of halogens is 1. The van der Waals surface area contributed by atoms with Crippen LogP contribution in [0.4, 0.5) is 4.39 Å². The van der Waals surface area contributed by atoms with Crippen molar-refractivity contribution in [1.82, 2.24) is 0 Å². The standard InChI is InChI=1S/C16H18FNO/c1-16(19,10-11-18)14-6-2-12(3-7-14)13-4-8-15(17)9-5-13/h2-9,19H,10-11,18H2,1H3. The Bertz CT molecular complexity index is 532. The summed E-state index contributed by atoms with van der Waals surface area (Å²) in [6.07, 6.45) is 0.517. The molecule has 0 saturated carbocycles. The van der Waals surface area contributed by atoms with Crippen molar-refractivity contribution in [3.05, 3.63) is 59.9 Å². The molecule has 0 saturated heterocycles. The number of nitrogens with two attached hydrogens (primary N) is 1. The predicted molar refractivity (Wildman–Crippen MR) is 75.1 cm³/mol. The average Bonchev–Trinajstić information content (AvgIpc) is 2.40. The summed E-state index contributed by atoms with van der Waals surface area (Å²) < 4.78 is 12.9. The lowest BCUT2D eigenvalue weighted by molar-refractivity contribution is 0.0504. The van der Waals surface area contributed by atoms with Gasteiger partial charge in [0.1, 0.15) is 5.82 Å². The van der Waals surface area contributed by atoms with Crippen LogP contribution in [-0.2, 0) is 5.60 Å². The normalized spacial score (nSPS) is 14.1. The fourth-order valence-corrected chi connectivity index (χ4v) is 2.09. The van der Waals surface area contributed by atoms with E-state index in [2.05, 4.69) is 0 Å². The molecule has 2 nitrogen and oxygen atoms in total. The minimum atomic E-state index is -0.907. The highest BCUT2D eigenvalue weighted by Crippen LogP contribution is 2.27. The van der Waals surface area contributed by atoms with Gasteiger partial charge in [-0.15, -0.1) is 0 Å². The van der Waals surface area contributed by atoms with Gasteiger partial charge in [0.05, 0.1) is 5.60 Å². The van der Waals surface area contributed by atoms with Crippen molar-refractivity contribution in [3.63, 3.8) is 0 Å². The first-order valence-corrected chi connectivity index (χ1v) is 6.32. The Hall–Kier alpha value is -1.71. The van der Waals surface area contributed by atoms with E-state index in [4.69, 9.17) is 5.73 Å². The van der Waals surface area contributed by atoms with E-state index in [1.54, 1.807) is 19.1 Å². The van der Waals surface area contributed by atoms with Gasteiger partial charge in [-0.05, 0) is 48.7 Å². The number of hydrogen-bond donors (Lipinski definition) is 2. The Kier molecular flexibility index (Phi) is 3.98. The third kappa shape index (κ3) is 3.19. The van der Waals surface area contributed by atoms with Crippen LogP contribution in [0, 0.1) is 5.82 Å². The van der Waals surface area contributed by atoms with Crippen molar-refractivity contribution in [2.24, 2.45) is 5.73 Å². The summed E-state index contributed by atoms with van der Waals surface area (Å²) in [7, 11) is 0. The molecular formula is C16H18FNO. The molecule has 0 aromatic heterocycles. The zero-order valence-corrected chi connectivity index (χ0v) is 10.9. The molecule has 2 rings (SSSR count). The number of aliphatic hydroxyl groups is 1. The van der Waals surface area contributed by atoms with E-state index in [9.17, 15) is 9.50 Å². The molecule has 0 aliphatic rings. The molecule has 3 heteroatoms. The van der Waals surface area contributed by atoms with E-state index in [1.807, 2.05) is 24.3 Å².